The number of urea groups is 1. The van der Waals surface area contributed by atoms with Gasteiger partial charge in [-0.3, -0.25) is 10.1 Å². The normalized spacial score (nSPS) is 12.3. The number of hydrogen-bond acceptors (Lipinski definition) is 5. The number of rotatable bonds is 5. The summed E-state index contributed by atoms with van der Waals surface area (Å²) in [5, 5.41) is 16.0. The molecule has 0 atom stereocenters. The van der Waals surface area contributed by atoms with E-state index in [1.165, 1.54) is 24.3 Å². The van der Waals surface area contributed by atoms with Crippen LogP contribution in [0.3, 0.4) is 0 Å². The predicted octanol–water partition coefficient (Wildman–Crippen LogP) is 2.73. The molecule has 130 valence electrons. The monoisotopic (exact) mass is 343 g/mol. The third-order valence-corrected chi connectivity index (χ3v) is 3.64. The molecule has 0 saturated carbocycles. The number of nitrogens with one attached hydrogen (secondary N) is 2. The van der Waals surface area contributed by atoms with E-state index in [0.717, 1.165) is 17.1 Å². The lowest BCUT2D eigenvalue weighted by Crippen LogP contribution is -2.30. The first-order valence-electron chi connectivity index (χ1n) is 7.79. The Morgan fingerprint density at radius 3 is 2.52 bits per heavy atom. The van der Waals surface area contributed by atoms with E-state index >= 15 is 0 Å². The first kappa shape index (κ1) is 16.6. The summed E-state index contributed by atoms with van der Waals surface area (Å²) in [6.45, 7) is 1.53. The van der Waals surface area contributed by atoms with Gasteiger partial charge < -0.3 is 20.1 Å². The molecule has 2 amide bonds. The number of anilines is 1. The smallest absolute Gasteiger partial charge is 0.319 e. The van der Waals surface area contributed by atoms with Gasteiger partial charge in [-0.2, -0.15) is 0 Å². The van der Waals surface area contributed by atoms with Crippen LogP contribution in [-0.4, -0.2) is 30.7 Å². The second-order valence-corrected chi connectivity index (χ2v) is 5.41. The van der Waals surface area contributed by atoms with E-state index in [1.54, 1.807) is 0 Å². The van der Waals surface area contributed by atoms with Gasteiger partial charge in [0.25, 0.3) is 5.69 Å². The fraction of sp³-hybridized carbons (Fsp3) is 0.235. The maximum Gasteiger partial charge on any atom is 0.319 e. The summed E-state index contributed by atoms with van der Waals surface area (Å²) in [4.78, 5) is 22.0. The molecule has 0 radical (unpaired) electrons. The van der Waals surface area contributed by atoms with Crippen LogP contribution in [0.4, 0.5) is 16.2 Å². The standard InChI is InChI=1S/C17H17N3O5/c21-17(19-13-2-4-14(5-3-13)20(22)23)18-8-7-12-1-6-15-16(11-12)25-10-9-24-15/h1-6,11H,7-10H2,(H2,18,19,21). The van der Waals surface area contributed by atoms with Gasteiger partial charge in [0.15, 0.2) is 11.5 Å². The maximum atomic E-state index is 11.9. The number of nitro groups is 1. The van der Waals surface area contributed by atoms with Crippen molar-refractivity contribution < 1.29 is 19.2 Å². The molecule has 25 heavy (non-hydrogen) atoms. The minimum atomic E-state index is -0.489. The molecule has 0 saturated heterocycles. The maximum absolute atomic E-state index is 11.9. The van der Waals surface area contributed by atoms with Crippen LogP contribution < -0.4 is 20.1 Å². The Bertz CT molecular complexity index is 776. The van der Waals surface area contributed by atoms with Crippen molar-refractivity contribution in [3.05, 3.63) is 58.1 Å². The van der Waals surface area contributed by atoms with Crippen LogP contribution in [0.2, 0.25) is 0 Å². The van der Waals surface area contributed by atoms with Crippen LogP contribution in [0.25, 0.3) is 0 Å². The number of amides is 2. The van der Waals surface area contributed by atoms with E-state index in [2.05, 4.69) is 10.6 Å². The number of ether oxygens (including phenoxy) is 2. The highest BCUT2D eigenvalue weighted by Gasteiger charge is 2.11. The zero-order chi connectivity index (χ0) is 17.6. The molecule has 0 aliphatic carbocycles. The lowest BCUT2D eigenvalue weighted by atomic mass is 10.1. The Labute approximate surface area is 143 Å². The highest BCUT2D eigenvalue weighted by Crippen LogP contribution is 2.30. The van der Waals surface area contributed by atoms with Crippen molar-refractivity contribution in [2.75, 3.05) is 25.1 Å². The van der Waals surface area contributed by atoms with Gasteiger partial charge in [-0.25, -0.2) is 4.79 Å². The van der Waals surface area contributed by atoms with Gasteiger partial charge >= 0.3 is 6.03 Å². The van der Waals surface area contributed by atoms with Crippen molar-refractivity contribution in [3.63, 3.8) is 0 Å². The number of non-ortho nitro benzene ring substituents is 1. The molecule has 8 nitrogen and oxygen atoms in total. The van der Waals surface area contributed by atoms with Gasteiger partial charge in [-0.05, 0) is 36.2 Å². The number of benzene rings is 2. The molecule has 0 bridgehead atoms. The molecule has 2 N–H and O–H groups in total. The molecule has 1 heterocycles. The summed E-state index contributed by atoms with van der Waals surface area (Å²) in [7, 11) is 0. The van der Waals surface area contributed by atoms with Gasteiger partial charge in [-0.1, -0.05) is 6.07 Å². The molecule has 1 aliphatic heterocycles. The fourth-order valence-corrected chi connectivity index (χ4v) is 2.41. The average molecular weight is 343 g/mol. The van der Waals surface area contributed by atoms with Crippen LogP contribution in [0, 0.1) is 10.1 Å². The minimum absolute atomic E-state index is 0.0235. The lowest BCUT2D eigenvalue weighted by Gasteiger charge is -2.18. The molecule has 0 unspecified atom stereocenters. The van der Waals surface area contributed by atoms with Gasteiger partial charge in [0.1, 0.15) is 13.2 Å². The summed E-state index contributed by atoms with van der Waals surface area (Å²) in [5.41, 5.74) is 1.49. The molecule has 2 aromatic carbocycles. The topological polar surface area (TPSA) is 103 Å². The van der Waals surface area contributed by atoms with Crippen LogP contribution in [-0.2, 0) is 6.42 Å². The Hall–Kier alpha value is -3.29. The van der Waals surface area contributed by atoms with E-state index < -0.39 is 4.92 Å². The molecule has 8 heteroatoms. The van der Waals surface area contributed by atoms with E-state index in [-0.39, 0.29) is 11.7 Å². The minimum Gasteiger partial charge on any atom is -0.486 e. The zero-order valence-electron chi connectivity index (χ0n) is 13.4. The molecule has 0 fully saturated rings. The highest BCUT2D eigenvalue weighted by molar-refractivity contribution is 5.89. The van der Waals surface area contributed by atoms with E-state index in [0.29, 0.717) is 31.9 Å². The molecular formula is C17H17N3O5. The summed E-state index contributed by atoms with van der Waals surface area (Å²) < 4.78 is 11.0. The molecule has 2 aromatic rings. The third-order valence-electron chi connectivity index (χ3n) is 3.64. The Morgan fingerprint density at radius 2 is 1.80 bits per heavy atom. The number of fused-ring (bicyclic) bond motifs is 1. The van der Waals surface area contributed by atoms with E-state index in [9.17, 15) is 14.9 Å². The SMILES string of the molecule is O=C(NCCc1ccc2c(c1)OCCO2)Nc1ccc([N+](=O)[O-])cc1. The number of nitrogens with zero attached hydrogens (tertiary/aromatic N) is 1. The molecule has 3 rings (SSSR count). The number of carbonyl (C=O) groups is 1. The van der Waals surface area contributed by atoms with Crippen molar-refractivity contribution >= 4 is 17.4 Å². The van der Waals surface area contributed by atoms with Crippen molar-refractivity contribution in [2.24, 2.45) is 0 Å². The Morgan fingerprint density at radius 1 is 1.08 bits per heavy atom. The van der Waals surface area contributed by atoms with Crippen LogP contribution in [0.15, 0.2) is 42.5 Å². The van der Waals surface area contributed by atoms with E-state index in [4.69, 9.17) is 9.47 Å². The van der Waals surface area contributed by atoms with Gasteiger partial charge in [-0.15, -0.1) is 0 Å². The second kappa shape index (κ2) is 7.52. The summed E-state index contributed by atoms with van der Waals surface area (Å²) >= 11 is 0. The Kier molecular flexibility index (Phi) is 4.98. The van der Waals surface area contributed by atoms with Gasteiger partial charge in [0, 0.05) is 24.4 Å². The van der Waals surface area contributed by atoms with Crippen LogP contribution in [0.5, 0.6) is 11.5 Å². The predicted molar refractivity (Wildman–Crippen MR) is 91.3 cm³/mol. The largest absolute Gasteiger partial charge is 0.486 e. The van der Waals surface area contributed by atoms with Crippen molar-refractivity contribution in [3.8, 4) is 11.5 Å². The second-order valence-electron chi connectivity index (χ2n) is 5.41. The van der Waals surface area contributed by atoms with Crippen molar-refractivity contribution in [1.82, 2.24) is 5.32 Å². The van der Waals surface area contributed by atoms with Crippen molar-refractivity contribution in [1.29, 1.82) is 0 Å². The first-order chi connectivity index (χ1) is 12.1. The number of nitro benzene ring substituents is 1. The van der Waals surface area contributed by atoms with Gasteiger partial charge in [0.2, 0.25) is 0 Å². The summed E-state index contributed by atoms with van der Waals surface area (Å²) in [6.07, 6.45) is 0.643. The number of hydrogen-bond donors (Lipinski definition) is 2. The molecule has 1 aliphatic rings. The average Bonchev–Trinajstić information content (AvgIpc) is 2.62. The zero-order valence-corrected chi connectivity index (χ0v) is 13.4. The van der Waals surface area contributed by atoms with E-state index in [1.807, 2.05) is 18.2 Å². The quantitative estimate of drug-likeness (QED) is 0.642. The van der Waals surface area contributed by atoms with Crippen molar-refractivity contribution in [2.45, 2.75) is 6.42 Å². The molecule has 0 aromatic heterocycles. The number of carbonyl (C=O) groups excluding carboxylic acids is 1. The highest BCUT2D eigenvalue weighted by atomic mass is 16.6. The Balaban J connectivity index is 1.47. The molecule has 0 spiro atoms. The summed E-state index contributed by atoms with van der Waals surface area (Å²) in [6, 6.07) is 11.0. The lowest BCUT2D eigenvalue weighted by molar-refractivity contribution is -0.384. The summed E-state index contributed by atoms with van der Waals surface area (Å²) in [5.74, 6) is 1.46. The van der Waals surface area contributed by atoms with Crippen LogP contribution >= 0.6 is 0 Å². The first-order valence-corrected chi connectivity index (χ1v) is 7.79. The van der Waals surface area contributed by atoms with Crippen LogP contribution in [0.1, 0.15) is 5.56 Å². The molecular weight excluding hydrogens is 326 g/mol. The van der Waals surface area contributed by atoms with Gasteiger partial charge in [0.05, 0.1) is 4.92 Å². The fourth-order valence-electron chi connectivity index (χ4n) is 2.41. The third kappa shape index (κ3) is 4.37.